The van der Waals surface area contributed by atoms with Crippen molar-refractivity contribution in [3.05, 3.63) is 104 Å². The second kappa shape index (κ2) is 12.0. The predicted molar refractivity (Wildman–Crippen MR) is 193 cm³/mol. The minimum atomic E-state index is -3.90. The number of rotatable bonds is 6. The number of anilines is 2. The molecule has 14 heteroatoms. The van der Waals surface area contributed by atoms with Crippen LogP contribution in [-0.2, 0) is 36.4 Å². The summed E-state index contributed by atoms with van der Waals surface area (Å²) in [5.74, 6) is -2.95. The molecule has 2 aliphatic heterocycles. The molecule has 0 radical (unpaired) electrons. The van der Waals surface area contributed by atoms with E-state index >= 15 is 0 Å². The molecule has 3 amide bonds. The number of nitrogens with two attached hydrogens (primary N) is 1. The summed E-state index contributed by atoms with van der Waals surface area (Å²) in [4.78, 5) is 56.8. The minimum Gasteiger partial charge on any atom is -0.325 e. The number of carbonyl (C=O) groups is 3. The van der Waals surface area contributed by atoms with Crippen LogP contribution in [0.1, 0.15) is 49.1 Å². The van der Waals surface area contributed by atoms with Crippen molar-refractivity contribution in [3.63, 3.8) is 0 Å². The topological polar surface area (TPSA) is 149 Å². The van der Waals surface area contributed by atoms with Crippen LogP contribution in [0.4, 0.5) is 15.8 Å². The molecule has 7 atom stereocenters. The van der Waals surface area contributed by atoms with Crippen LogP contribution in [0.5, 0.6) is 0 Å². The van der Waals surface area contributed by atoms with Gasteiger partial charge in [0, 0.05) is 21.7 Å². The fraction of sp³-hybridized carbons (Fsp3) is 0.351. The number of amides is 3. The van der Waals surface area contributed by atoms with E-state index in [0.29, 0.717) is 22.8 Å². The largest absolute Gasteiger partial charge is 0.325 e. The van der Waals surface area contributed by atoms with Crippen LogP contribution in [0, 0.1) is 35.4 Å². The Labute approximate surface area is 302 Å². The summed E-state index contributed by atoms with van der Waals surface area (Å²) in [6.45, 7) is 6.16. The van der Waals surface area contributed by atoms with E-state index in [1.165, 1.54) is 69.8 Å². The maximum absolute atomic E-state index is 14.1. The molecule has 1 aromatic heterocycles. The second-order valence-corrected chi connectivity index (χ2v) is 18.6. The van der Waals surface area contributed by atoms with Gasteiger partial charge in [-0.05, 0) is 89.2 Å². The molecular formula is C37H35FN4O6S3. The average molecular weight is 747 g/mol. The van der Waals surface area contributed by atoms with Gasteiger partial charge in [-0.25, -0.2) is 17.9 Å². The van der Waals surface area contributed by atoms with Gasteiger partial charge in [0.25, 0.3) is 0 Å². The van der Waals surface area contributed by atoms with E-state index in [9.17, 15) is 32.0 Å². The lowest BCUT2D eigenvalue weighted by molar-refractivity contribution is -0.123. The highest BCUT2D eigenvalue weighted by Crippen LogP contribution is 2.69. The van der Waals surface area contributed by atoms with Crippen LogP contribution in [0.3, 0.4) is 0 Å². The molecule has 4 aromatic rings. The van der Waals surface area contributed by atoms with Crippen LogP contribution in [-0.4, -0.2) is 36.0 Å². The predicted octanol–water partition coefficient (Wildman–Crippen LogP) is 5.31. The summed E-state index contributed by atoms with van der Waals surface area (Å²) in [5.41, 5.74) is 2.82. The quantitative estimate of drug-likeness (QED) is 0.254. The van der Waals surface area contributed by atoms with Gasteiger partial charge in [-0.3, -0.25) is 28.6 Å². The summed E-state index contributed by atoms with van der Waals surface area (Å²) in [5, 5.41) is 8.54. The number of carbonyl (C=O) groups excluding carboxylic acids is 3. The van der Waals surface area contributed by atoms with Crippen molar-refractivity contribution in [1.82, 2.24) is 4.57 Å². The molecule has 3 N–H and O–H groups in total. The highest BCUT2D eigenvalue weighted by Gasteiger charge is 2.69. The number of thioether (sulfide) groups is 1. The Morgan fingerprint density at radius 1 is 0.922 bits per heavy atom. The van der Waals surface area contributed by atoms with Gasteiger partial charge in [0.1, 0.15) is 12.4 Å². The molecule has 3 aromatic carbocycles. The van der Waals surface area contributed by atoms with Gasteiger partial charge in [0.2, 0.25) is 27.7 Å². The molecule has 51 heavy (non-hydrogen) atoms. The van der Waals surface area contributed by atoms with Crippen LogP contribution in [0.2, 0.25) is 0 Å². The Balaban J connectivity index is 1.16. The first-order chi connectivity index (χ1) is 24.1. The van der Waals surface area contributed by atoms with Crippen molar-refractivity contribution in [2.45, 2.75) is 60.2 Å². The molecule has 2 bridgehead atoms. The lowest BCUT2D eigenvalue weighted by Crippen LogP contribution is -2.43. The Hall–Kier alpha value is -4.11. The van der Waals surface area contributed by atoms with E-state index in [4.69, 9.17) is 5.14 Å². The first-order valence-corrected chi connectivity index (χ1v) is 19.9. The van der Waals surface area contributed by atoms with Crippen molar-refractivity contribution >= 4 is 62.2 Å². The van der Waals surface area contributed by atoms with E-state index in [-0.39, 0.29) is 62.5 Å². The van der Waals surface area contributed by atoms with Gasteiger partial charge < -0.3 is 5.32 Å². The van der Waals surface area contributed by atoms with E-state index in [0.717, 1.165) is 27.3 Å². The number of aromatic nitrogens is 1. The van der Waals surface area contributed by atoms with Crippen molar-refractivity contribution in [3.8, 4) is 0 Å². The zero-order valence-corrected chi connectivity index (χ0v) is 30.4. The van der Waals surface area contributed by atoms with Crippen molar-refractivity contribution < 1.29 is 27.2 Å². The number of fused-ring (bicyclic) bond motifs is 9. The highest BCUT2D eigenvalue weighted by atomic mass is 32.2. The molecule has 264 valence electrons. The van der Waals surface area contributed by atoms with Crippen molar-refractivity contribution in [2.75, 3.05) is 10.2 Å². The third-order valence-electron chi connectivity index (χ3n) is 10.9. The van der Waals surface area contributed by atoms with Crippen LogP contribution < -0.4 is 20.2 Å². The van der Waals surface area contributed by atoms with Gasteiger partial charge in [-0.15, -0.1) is 11.8 Å². The lowest BCUT2D eigenvalue weighted by atomic mass is 9.68. The fourth-order valence-electron chi connectivity index (χ4n) is 8.74. The second-order valence-electron chi connectivity index (χ2n) is 14.9. The summed E-state index contributed by atoms with van der Waals surface area (Å²) < 4.78 is 38.6. The Morgan fingerprint density at radius 2 is 1.55 bits per heavy atom. The van der Waals surface area contributed by atoms with Gasteiger partial charge in [-0.2, -0.15) is 0 Å². The summed E-state index contributed by atoms with van der Waals surface area (Å²) in [6.07, 6.45) is 0.706. The Bertz CT molecular complexity index is 2260. The lowest BCUT2D eigenvalue weighted by Gasteiger charge is -2.43. The van der Waals surface area contributed by atoms with E-state index in [1.54, 1.807) is 0 Å². The molecule has 10 nitrogen and oxygen atoms in total. The van der Waals surface area contributed by atoms with Gasteiger partial charge in [-0.1, -0.05) is 56.4 Å². The highest BCUT2D eigenvalue weighted by molar-refractivity contribution is 8.00. The average Bonchev–Trinajstić information content (AvgIpc) is 3.79. The summed E-state index contributed by atoms with van der Waals surface area (Å²) in [6, 6.07) is 19.3. The van der Waals surface area contributed by atoms with Crippen LogP contribution in [0.25, 0.3) is 0 Å². The molecule has 1 saturated heterocycles. The maximum atomic E-state index is 14.1. The third-order valence-corrected chi connectivity index (χ3v) is 14.7. The number of hydrogen-bond acceptors (Lipinski definition) is 8. The number of halogens is 1. The van der Waals surface area contributed by atoms with E-state index < -0.39 is 33.6 Å². The molecular weight excluding hydrogens is 712 g/mol. The molecule has 3 fully saturated rings. The molecule has 2 saturated carbocycles. The molecule has 3 heterocycles. The molecule has 4 aliphatic rings. The van der Waals surface area contributed by atoms with Gasteiger partial charge >= 0.3 is 4.87 Å². The number of imide groups is 1. The monoisotopic (exact) mass is 746 g/mol. The number of primary sulfonamides is 1. The number of nitrogens with one attached hydrogen (secondary N) is 1. The molecule has 7 unspecified atom stereocenters. The smallest absolute Gasteiger partial charge is 0.308 e. The van der Waals surface area contributed by atoms with Gasteiger partial charge in [0.15, 0.2) is 0 Å². The first-order valence-electron chi connectivity index (χ1n) is 16.7. The van der Waals surface area contributed by atoms with Gasteiger partial charge in [0.05, 0.1) is 27.4 Å². The fourth-order valence-corrected chi connectivity index (χ4v) is 12.4. The number of thiazole rings is 1. The van der Waals surface area contributed by atoms with Crippen LogP contribution >= 0.6 is 23.1 Å². The number of benzene rings is 3. The number of hydrogen-bond donors (Lipinski definition) is 2. The minimum absolute atomic E-state index is 0.0307. The zero-order valence-electron chi connectivity index (χ0n) is 27.9. The number of sulfonamides is 1. The SMILES string of the molecule is CC(C)(C)c1ccc(C2c3sc(=O)n(CC(=O)Nc4ccc(S(N)(=O)=O)cc4)c3SC3C4CC(C5C(=O)N(c6ccc(F)cc6)C(=O)C45)C23)cc1. The Morgan fingerprint density at radius 3 is 2.16 bits per heavy atom. The summed E-state index contributed by atoms with van der Waals surface area (Å²) >= 11 is 2.64. The maximum Gasteiger partial charge on any atom is 0.308 e. The van der Waals surface area contributed by atoms with Crippen molar-refractivity contribution in [2.24, 2.45) is 34.7 Å². The van der Waals surface area contributed by atoms with E-state index in [2.05, 4.69) is 50.4 Å². The number of nitrogens with zero attached hydrogens (tertiary/aromatic N) is 2. The summed E-state index contributed by atoms with van der Waals surface area (Å²) in [7, 11) is -3.90. The van der Waals surface area contributed by atoms with E-state index in [1.807, 2.05) is 0 Å². The first kappa shape index (κ1) is 34.0. The third kappa shape index (κ3) is 5.58. The Kier molecular flexibility index (Phi) is 7.98. The molecule has 0 spiro atoms. The van der Waals surface area contributed by atoms with Crippen LogP contribution in [0.15, 0.2) is 87.5 Å². The molecule has 8 rings (SSSR count). The normalized spacial score (nSPS) is 26.6. The molecule has 2 aliphatic carbocycles. The van der Waals surface area contributed by atoms with Crippen molar-refractivity contribution in [1.29, 1.82) is 0 Å². The zero-order chi connectivity index (χ0) is 36.1. The standard InChI is InChI=1S/C37H35FN4O6S3/c1-37(2,3)19-6-4-18(5-7-19)27-28-24-16-25(30-29(24)33(44)42(34(30)45)22-12-8-20(38)9-13-22)31(28)49-35-32(27)50-36(46)41(35)17-26(43)40-21-10-14-23(15-11-21)51(39,47)48/h4-15,24-25,27-31H,16-17H2,1-3H3,(H,40,43)(H2,39,47,48).